The molecule has 0 aromatic heterocycles. The molecule has 1 heterocycles. The molecule has 1 fully saturated rings. The van der Waals surface area contributed by atoms with E-state index in [0.29, 0.717) is 16.8 Å². The maximum Gasteiger partial charge on any atom is 0.255 e. The molecule has 0 saturated carbocycles. The molecule has 5 heteroatoms. The summed E-state index contributed by atoms with van der Waals surface area (Å²) in [6.07, 6.45) is 4.44. The van der Waals surface area contributed by atoms with E-state index in [2.05, 4.69) is 5.32 Å². The van der Waals surface area contributed by atoms with E-state index >= 15 is 0 Å². The molecule has 0 radical (unpaired) electrons. The third kappa shape index (κ3) is 4.44. The van der Waals surface area contributed by atoms with Crippen LogP contribution in [0, 0.1) is 5.82 Å². The maximum atomic E-state index is 12.9. The van der Waals surface area contributed by atoms with Crippen LogP contribution in [0.3, 0.4) is 0 Å². The number of hydrogen-bond donors (Lipinski definition) is 1. The zero-order valence-electron chi connectivity index (χ0n) is 14.0. The lowest BCUT2D eigenvalue weighted by Gasteiger charge is -2.20. The highest BCUT2D eigenvalue weighted by Gasteiger charge is 2.17. The lowest BCUT2D eigenvalue weighted by atomic mass is 10.1. The lowest BCUT2D eigenvalue weighted by Crippen LogP contribution is -2.31. The van der Waals surface area contributed by atoms with Gasteiger partial charge in [-0.1, -0.05) is 12.8 Å². The monoisotopic (exact) mass is 340 g/mol. The zero-order valence-corrected chi connectivity index (χ0v) is 14.0. The standard InChI is InChI=1S/C20H21FN2O2/c21-17-9-11-18(12-10-17)22-19(24)15-5-7-16(8-6-15)20(25)23-13-3-1-2-4-14-23/h5-12H,1-4,13-14H2,(H,22,24). The fourth-order valence-electron chi connectivity index (χ4n) is 2.96. The van der Waals surface area contributed by atoms with Crippen LogP contribution in [-0.2, 0) is 0 Å². The number of benzene rings is 2. The second-order valence-corrected chi connectivity index (χ2v) is 6.24. The SMILES string of the molecule is O=C(Nc1ccc(F)cc1)c1ccc(C(=O)N2CCCCCC2)cc1. The summed E-state index contributed by atoms with van der Waals surface area (Å²) in [5.74, 6) is -0.623. The number of hydrogen-bond acceptors (Lipinski definition) is 2. The molecule has 0 aliphatic carbocycles. The fourth-order valence-corrected chi connectivity index (χ4v) is 2.96. The van der Waals surface area contributed by atoms with Gasteiger partial charge in [0.2, 0.25) is 0 Å². The highest BCUT2D eigenvalue weighted by molar-refractivity contribution is 6.05. The summed E-state index contributed by atoms with van der Waals surface area (Å²) in [6, 6.07) is 12.2. The molecule has 2 aromatic rings. The zero-order chi connectivity index (χ0) is 17.6. The second-order valence-electron chi connectivity index (χ2n) is 6.24. The second kappa shape index (κ2) is 7.92. The summed E-state index contributed by atoms with van der Waals surface area (Å²) in [7, 11) is 0. The van der Waals surface area contributed by atoms with E-state index in [-0.39, 0.29) is 17.6 Å². The Bertz CT molecular complexity index is 733. The van der Waals surface area contributed by atoms with Crippen molar-refractivity contribution in [1.82, 2.24) is 4.90 Å². The van der Waals surface area contributed by atoms with Gasteiger partial charge < -0.3 is 10.2 Å². The van der Waals surface area contributed by atoms with Crippen molar-refractivity contribution in [2.45, 2.75) is 25.7 Å². The first kappa shape index (κ1) is 17.1. The molecule has 2 amide bonds. The number of carbonyl (C=O) groups excluding carboxylic acids is 2. The van der Waals surface area contributed by atoms with Gasteiger partial charge in [0, 0.05) is 29.9 Å². The van der Waals surface area contributed by atoms with Crippen molar-refractivity contribution in [3.63, 3.8) is 0 Å². The molecule has 1 N–H and O–H groups in total. The lowest BCUT2D eigenvalue weighted by molar-refractivity contribution is 0.0761. The molecule has 0 bridgehead atoms. The van der Waals surface area contributed by atoms with Gasteiger partial charge in [-0.3, -0.25) is 9.59 Å². The van der Waals surface area contributed by atoms with Crippen molar-refractivity contribution < 1.29 is 14.0 Å². The number of nitrogens with one attached hydrogen (secondary N) is 1. The van der Waals surface area contributed by atoms with Gasteiger partial charge in [0.1, 0.15) is 5.82 Å². The van der Waals surface area contributed by atoms with E-state index in [4.69, 9.17) is 0 Å². The molecule has 0 spiro atoms. The van der Waals surface area contributed by atoms with Gasteiger partial charge in [0.25, 0.3) is 11.8 Å². The predicted octanol–water partition coefficient (Wildman–Crippen LogP) is 4.09. The van der Waals surface area contributed by atoms with Gasteiger partial charge in [-0.15, -0.1) is 0 Å². The minimum Gasteiger partial charge on any atom is -0.339 e. The number of likely N-dealkylation sites (tertiary alicyclic amines) is 1. The van der Waals surface area contributed by atoms with Crippen LogP contribution in [0.1, 0.15) is 46.4 Å². The van der Waals surface area contributed by atoms with Crippen LogP contribution in [-0.4, -0.2) is 29.8 Å². The Morgan fingerprint density at radius 2 is 1.36 bits per heavy atom. The molecular weight excluding hydrogens is 319 g/mol. The summed E-state index contributed by atoms with van der Waals surface area (Å²) in [4.78, 5) is 26.7. The summed E-state index contributed by atoms with van der Waals surface area (Å²) in [5.41, 5.74) is 1.58. The van der Waals surface area contributed by atoms with Crippen molar-refractivity contribution in [3.05, 3.63) is 65.5 Å². The van der Waals surface area contributed by atoms with Gasteiger partial charge >= 0.3 is 0 Å². The molecule has 1 saturated heterocycles. The van der Waals surface area contributed by atoms with E-state index in [9.17, 15) is 14.0 Å². The van der Waals surface area contributed by atoms with Crippen molar-refractivity contribution in [3.8, 4) is 0 Å². The quantitative estimate of drug-likeness (QED) is 0.915. The molecule has 1 aliphatic rings. The molecule has 1 aliphatic heterocycles. The number of amides is 2. The van der Waals surface area contributed by atoms with E-state index in [0.717, 1.165) is 25.9 Å². The van der Waals surface area contributed by atoms with E-state index in [1.54, 1.807) is 24.3 Å². The smallest absolute Gasteiger partial charge is 0.255 e. The molecule has 0 unspecified atom stereocenters. The van der Waals surface area contributed by atoms with E-state index in [1.807, 2.05) is 4.90 Å². The molecule has 130 valence electrons. The predicted molar refractivity (Wildman–Crippen MR) is 95.2 cm³/mol. The number of anilines is 1. The van der Waals surface area contributed by atoms with Gasteiger partial charge in [-0.25, -0.2) is 4.39 Å². The molecule has 25 heavy (non-hydrogen) atoms. The van der Waals surface area contributed by atoms with Gasteiger partial charge in [-0.2, -0.15) is 0 Å². The van der Waals surface area contributed by atoms with Gasteiger partial charge in [0.05, 0.1) is 0 Å². The highest BCUT2D eigenvalue weighted by Crippen LogP contribution is 2.15. The summed E-state index contributed by atoms with van der Waals surface area (Å²) in [6.45, 7) is 1.59. The Morgan fingerprint density at radius 1 is 0.800 bits per heavy atom. The number of rotatable bonds is 3. The Hall–Kier alpha value is -2.69. The average molecular weight is 340 g/mol. The maximum absolute atomic E-state index is 12.9. The number of nitrogens with zero attached hydrogens (tertiary/aromatic N) is 1. The van der Waals surface area contributed by atoms with Crippen LogP contribution in [0.5, 0.6) is 0 Å². The van der Waals surface area contributed by atoms with Crippen molar-refractivity contribution in [2.24, 2.45) is 0 Å². The summed E-state index contributed by atoms with van der Waals surface area (Å²) >= 11 is 0. The fraction of sp³-hybridized carbons (Fsp3) is 0.300. The van der Waals surface area contributed by atoms with E-state index < -0.39 is 0 Å². The summed E-state index contributed by atoms with van der Waals surface area (Å²) in [5, 5.41) is 2.70. The van der Waals surface area contributed by atoms with Gasteiger partial charge in [-0.05, 0) is 61.4 Å². The Kier molecular flexibility index (Phi) is 5.43. The van der Waals surface area contributed by atoms with Crippen LogP contribution in [0.2, 0.25) is 0 Å². The molecule has 3 rings (SSSR count). The highest BCUT2D eigenvalue weighted by atomic mass is 19.1. The van der Waals surface area contributed by atoms with E-state index in [1.165, 1.54) is 37.1 Å². The third-order valence-electron chi connectivity index (χ3n) is 4.39. The van der Waals surface area contributed by atoms with Crippen molar-refractivity contribution >= 4 is 17.5 Å². The average Bonchev–Trinajstić information content (AvgIpc) is 2.92. The molecule has 4 nitrogen and oxygen atoms in total. The van der Waals surface area contributed by atoms with Crippen LogP contribution in [0.15, 0.2) is 48.5 Å². The minimum atomic E-state index is -0.352. The first-order valence-electron chi connectivity index (χ1n) is 8.60. The largest absolute Gasteiger partial charge is 0.339 e. The van der Waals surface area contributed by atoms with Crippen LogP contribution < -0.4 is 5.32 Å². The Morgan fingerprint density at radius 3 is 1.96 bits per heavy atom. The molecule has 2 aromatic carbocycles. The number of halogens is 1. The normalized spacial score (nSPS) is 14.7. The Labute approximate surface area is 146 Å². The van der Waals surface area contributed by atoms with Crippen LogP contribution in [0.25, 0.3) is 0 Å². The van der Waals surface area contributed by atoms with Crippen LogP contribution in [0.4, 0.5) is 10.1 Å². The topological polar surface area (TPSA) is 49.4 Å². The van der Waals surface area contributed by atoms with Crippen LogP contribution >= 0.6 is 0 Å². The minimum absolute atomic E-state index is 0.0207. The number of carbonyl (C=O) groups is 2. The molecular formula is C20H21FN2O2. The Balaban J connectivity index is 1.65. The van der Waals surface area contributed by atoms with Crippen molar-refractivity contribution in [1.29, 1.82) is 0 Å². The first-order valence-corrected chi connectivity index (χ1v) is 8.60. The summed E-state index contributed by atoms with van der Waals surface area (Å²) < 4.78 is 12.9. The first-order chi connectivity index (χ1) is 12.1. The van der Waals surface area contributed by atoms with Gasteiger partial charge in [0.15, 0.2) is 0 Å². The van der Waals surface area contributed by atoms with Crippen molar-refractivity contribution in [2.75, 3.05) is 18.4 Å². The third-order valence-corrected chi connectivity index (χ3v) is 4.39. The molecule has 0 atom stereocenters.